The third-order valence-electron chi connectivity index (χ3n) is 21.0. The van der Waals surface area contributed by atoms with E-state index in [4.69, 9.17) is 25.4 Å². The number of rotatable bonds is 23. The van der Waals surface area contributed by atoms with Crippen molar-refractivity contribution in [1.82, 2.24) is 0 Å². The summed E-state index contributed by atoms with van der Waals surface area (Å²) in [6.07, 6.45) is 34.2. The molecule has 0 amide bonds. The Kier molecular flexibility index (Phi) is 61.3. The molecule has 0 atom stereocenters. The third kappa shape index (κ3) is 42.4. The fourth-order valence-corrected chi connectivity index (χ4v) is 13.9. The molecule has 23 heteroatoms. The Bertz CT molecular complexity index is 2290. The van der Waals surface area contributed by atoms with E-state index in [1.54, 1.807) is 13.0 Å². The van der Waals surface area contributed by atoms with Gasteiger partial charge in [0.1, 0.15) is 0 Å². The standard InChI is InChI=1S/C15H26O4.C15H24O4.C14H24O5.C12H20O2.C9H16O2.C8H14O3.C4H8O2.CH3F.3CH4/c2*1-12-7-10-15(11-8-12,14(17)19-3)9-5-4-6-13(16)18-2;1-18-12(16)5-3-4-8-14(13(17)19-2)9-6-11(15)7-10-14;1-4-7-12(11(13)14-3)8-5-10(2)6-9-12;1-7-3-5-8(6-4-7)9(10)11-2;1-11-8(10)6-2-4-7(9)5-3-6;1-3-6-4(2)5;1-2;;;/h12H,4-11H2,1-3H3;4-5,12H,6-11H2,1-3H3;11,15H,3-10H2,1-2H3;4,10H,1,5-9H2,2-3H3;7-8H,3-6H2,1-2H3;6-7,9H,2-5H2,1H3;3H2,1-2H3;1H3;3*1H4/b;5-4+;;;;;;;;;/i;;;;;;;1D;;;. The molecule has 6 saturated carbocycles. The van der Waals surface area contributed by atoms with Gasteiger partial charge in [-0.25, -0.2) is 0 Å². The van der Waals surface area contributed by atoms with E-state index in [1.807, 2.05) is 12.2 Å². The molecule has 22 nitrogen and oxygen atoms in total. The molecule has 6 fully saturated rings. The summed E-state index contributed by atoms with van der Waals surface area (Å²) in [6.45, 7) is 16.3. The molecule has 0 radical (unpaired) electrons. The molecule has 0 unspecified atom stereocenters. The number of unbranched alkanes of at least 4 members (excludes halogenated alkanes) is 2. The van der Waals surface area contributed by atoms with Crippen LogP contribution in [0.15, 0.2) is 24.8 Å². The Hall–Kier alpha value is -5.97. The minimum absolute atomic E-state index is 0. The molecule has 0 saturated heterocycles. The first kappa shape index (κ1) is 104. The maximum atomic E-state index is 12.1. The lowest BCUT2D eigenvalue weighted by molar-refractivity contribution is -0.157. The van der Waals surface area contributed by atoms with Gasteiger partial charge in [0.05, 0.1) is 131 Å². The zero-order valence-corrected chi connectivity index (χ0v) is 64.7. The van der Waals surface area contributed by atoms with E-state index in [9.17, 15) is 57.4 Å². The highest BCUT2D eigenvalue weighted by Gasteiger charge is 2.45. The summed E-state index contributed by atoms with van der Waals surface area (Å²) >= 11 is 0. The smallest absolute Gasteiger partial charge is 0.312 e. The van der Waals surface area contributed by atoms with Gasteiger partial charge >= 0.3 is 59.7 Å². The van der Waals surface area contributed by atoms with Crippen molar-refractivity contribution >= 4 is 59.7 Å². The fourth-order valence-electron chi connectivity index (χ4n) is 13.9. The first-order valence-corrected chi connectivity index (χ1v) is 36.7. The largest absolute Gasteiger partial charge is 0.469 e. The van der Waals surface area contributed by atoms with Gasteiger partial charge in [-0.15, -0.1) is 6.58 Å². The SMILES string of the molecule is C.C.C.C=CCC1(C(=O)OC)CCC(C)CC1.CCOC(C)=O.COC(=O)C/C=C/CC1(C(=O)OC)CCC(C)CC1.COC(=O)C1CCC(C)CC1.COC(=O)C1CCC(O)CC1.COC(=O)CCCCC1(C(=O)OC)CCC(C)CC1.COC(=O)CCCCC1(C(=O)OC)CCC(O)CC1.[2H]CF. The molecule has 0 aliphatic heterocycles. The van der Waals surface area contributed by atoms with Gasteiger partial charge in [-0.05, 0) is 223 Å². The van der Waals surface area contributed by atoms with E-state index in [0.29, 0.717) is 76.2 Å². The maximum absolute atomic E-state index is 12.1. The van der Waals surface area contributed by atoms with Crippen molar-refractivity contribution in [2.75, 3.05) is 77.7 Å². The van der Waals surface area contributed by atoms with Crippen LogP contribution in [0.25, 0.3) is 0 Å². The number of alkyl halides is 1. The second-order valence-corrected chi connectivity index (χ2v) is 28.3. The minimum Gasteiger partial charge on any atom is -0.469 e. The highest BCUT2D eigenvalue weighted by Crippen LogP contribution is 2.46. The zero-order valence-electron chi connectivity index (χ0n) is 65.7. The van der Waals surface area contributed by atoms with Crippen LogP contribution in [0, 0.1) is 57.2 Å². The van der Waals surface area contributed by atoms with Gasteiger partial charge in [-0.3, -0.25) is 52.3 Å². The average Bonchev–Trinajstić information content (AvgIpc) is 0.837. The van der Waals surface area contributed by atoms with Crippen molar-refractivity contribution in [3.05, 3.63) is 24.8 Å². The summed E-state index contributed by atoms with van der Waals surface area (Å²) in [4.78, 5) is 113. The van der Waals surface area contributed by atoms with E-state index in [2.05, 4.69) is 62.7 Å². The predicted molar refractivity (Wildman–Crippen MR) is 404 cm³/mol. The molecule has 0 heterocycles. The van der Waals surface area contributed by atoms with Crippen molar-refractivity contribution in [2.45, 2.75) is 301 Å². The lowest BCUT2D eigenvalue weighted by Crippen LogP contribution is -2.37. The van der Waals surface area contributed by atoms with Crippen LogP contribution in [-0.2, 0) is 95.3 Å². The molecule has 0 aromatic rings. The number of aliphatic hydroxyl groups is 2. The lowest BCUT2D eigenvalue weighted by Gasteiger charge is -2.37. The van der Waals surface area contributed by atoms with Crippen molar-refractivity contribution < 1.29 is 111 Å². The van der Waals surface area contributed by atoms with Crippen LogP contribution in [-0.4, -0.2) is 160 Å². The Morgan fingerprint density at radius 1 is 0.423 bits per heavy atom. The molecule has 6 aliphatic rings. The normalized spacial score (nSPS) is 26.4. The van der Waals surface area contributed by atoms with E-state index in [0.717, 1.165) is 160 Å². The monoisotopic (exact) mass is 1490 g/mol. The van der Waals surface area contributed by atoms with Gasteiger partial charge in [0.15, 0.2) is 0 Å². The summed E-state index contributed by atoms with van der Waals surface area (Å²) in [7, 11) is 11.8. The quantitative estimate of drug-likeness (QED) is 0.0415. The summed E-state index contributed by atoms with van der Waals surface area (Å²) in [5.41, 5.74) is -1.43. The Balaban J connectivity index is -0.000000374. The van der Waals surface area contributed by atoms with Crippen molar-refractivity contribution in [3.63, 3.8) is 0 Å². The molecule has 104 heavy (non-hydrogen) atoms. The second-order valence-electron chi connectivity index (χ2n) is 28.3. The Labute approximate surface area is 628 Å². The number of aliphatic hydroxyl groups excluding tert-OH is 2. The van der Waals surface area contributed by atoms with Crippen LogP contribution in [0.4, 0.5) is 4.39 Å². The molecule has 0 bridgehead atoms. The van der Waals surface area contributed by atoms with E-state index in [-0.39, 0.29) is 123 Å². The van der Waals surface area contributed by atoms with Crippen LogP contribution < -0.4 is 0 Å². The lowest BCUT2D eigenvalue weighted by atomic mass is 9.68. The van der Waals surface area contributed by atoms with Gasteiger partial charge in [0.25, 0.3) is 0 Å². The summed E-state index contributed by atoms with van der Waals surface area (Å²) in [6, 6.07) is 0. The van der Waals surface area contributed by atoms with Gasteiger partial charge in [-0.1, -0.05) is 81.0 Å². The van der Waals surface area contributed by atoms with E-state index < -0.39 is 18.0 Å². The molecule has 0 aromatic heterocycles. The number of hydrogen-bond donors (Lipinski definition) is 2. The molecule has 6 aliphatic carbocycles. The average molecular weight is 1490 g/mol. The number of ether oxygens (including phenoxy) is 10. The second kappa shape index (κ2) is 61.1. The van der Waals surface area contributed by atoms with Crippen LogP contribution >= 0.6 is 0 Å². The third-order valence-corrected chi connectivity index (χ3v) is 21.0. The summed E-state index contributed by atoms with van der Waals surface area (Å²) in [5, 5.41) is 18.7. The van der Waals surface area contributed by atoms with Crippen LogP contribution in [0.2, 0.25) is 0 Å². The topological polar surface area (TPSA) is 303 Å². The highest BCUT2D eigenvalue weighted by atomic mass is 19.1. The minimum atomic E-state index is -1.00. The Morgan fingerprint density at radius 2 is 0.721 bits per heavy atom. The van der Waals surface area contributed by atoms with E-state index in [1.165, 1.54) is 83.8 Å². The highest BCUT2D eigenvalue weighted by molar-refractivity contribution is 5.79. The number of halogens is 1. The van der Waals surface area contributed by atoms with Crippen LogP contribution in [0.5, 0.6) is 0 Å². The molecule has 0 spiro atoms. The van der Waals surface area contributed by atoms with Gasteiger partial charge in [0.2, 0.25) is 0 Å². The molecular formula is C81H147FO22. The van der Waals surface area contributed by atoms with Gasteiger partial charge in [0, 0.05) is 19.8 Å². The number of esters is 10. The Morgan fingerprint density at radius 3 is 1.02 bits per heavy atom. The van der Waals surface area contributed by atoms with Crippen molar-refractivity contribution in [2.24, 2.45) is 57.2 Å². The maximum Gasteiger partial charge on any atom is 0.312 e. The fraction of sp³-hybridized carbons (Fsp3) is 0.827. The summed E-state index contributed by atoms with van der Waals surface area (Å²) < 4.78 is 62.7. The number of hydrogen-bond acceptors (Lipinski definition) is 22. The number of allylic oxidation sites excluding steroid dienone is 2. The van der Waals surface area contributed by atoms with Crippen LogP contribution in [0.1, 0.15) is 290 Å². The first-order chi connectivity index (χ1) is 48.4. The van der Waals surface area contributed by atoms with Gasteiger partial charge < -0.3 is 57.6 Å². The first-order valence-electron chi connectivity index (χ1n) is 37.4. The predicted octanol–water partition coefficient (Wildman–Crippen LogP) is 16.5. The molecule has 2 N–H and O–H groups in total. The number of carbonyl (C=O) groups excluding carboxylic acids is 10. The van der Waals surface area contributed by atoms with Crippen LogP contribution in [0.3, 0.4) is 0 Å². The molecular weight excluding hydrogens is 1340 g/mol. The number of carbonyl (C=O) groups is 10. The molecule has 6 rings (SSSR count). The summed E-state index contributed by atoms with van der Waals surface area (Å²) in [5.74, 6) is 1.71. The van der Waals surface area contributed by atoms with Crippen molar-refractivity contribution in [3.8, 4) is 0 Å². The van der Waals surface area contributed by atoms with Crippen molar-refractivity contribution in [1.29, 1.82) is 0 Å². The van der Waals surface area contributed by atoms with E-state index >= 15 is 0 Å². The van der Waals surface area contributed by atoms with Gasteiger partial charge in [-0.2, -0.15) is 0 Å². The molecule has 610 valence electrons. The zero-order chi connectivity index (χ0) is 77.7. The number of methoxy groups -OCH3 is 9. The molecule has 0 aromatic carbocycles.